The molecule has 10 nitrogen and oxygen atoms in total. The number of aromatic nitrogens is 1. The van der Waals surface area contributed by atoms with Crippen LogP contribution >= 0.6 is 0 Å². The Labute approximate surface area is 125 Å². The van der Waals surface area contributed by atoms with Gasteiger partial charge in [0, 0.05) is 30.5 Å². The van der Waals surface area contributed by atoms with Gasteiger partial charge in [-0.05, 0) is 16.0 Å². The van der Waals surface area contributed by atoms with Crippen molar-refractivity contribution >= 4 is 11.7 Å². The molecule has 2 heterocycles. The van der Waals surface area contributed by atoms with Crippen LogP contribution in [0.1, 0.15) is 11.3 Å². The van der Waals surface area contributed by atoms with Crippen molar-refractivity contribution in [2.75, 3.05) is 26.7 Å². The number of methoxy groups -OCH3 is 1. The monoisotopic (exact) mass is 309 g/mol. The lowest BCUT2D eigenvalue weighted by molar-refractivity contribution is -0.464. The van der Waals surface area contributed by atoms with E-state index < -0.39 is 9.85 Å². The van der Waals surface area contributed by atoms with Crippen LogP contribution in [-0.2, 0) is 6.54 Å². The van der Waals surface area contributed by atoms with Gasteiger partial charge in [0.05, 0.1) is 13.7 Å². The fraction of sp³-hybridized carbons (Fsp3) is 0.500. The first-order valence-corrected chi connectivity index (χ1v) is 6.51. The molecule has 0 fully saturated rings. The largest absolute Gasteiger partial charge is 0.489 e. The number of hydrogen-bond acceptors (Lipinski definition) is 8. The first-order valence-electron chi connectivity index (χ1n) is 6.51. The number of rotatable bonds is 6. The fourth-order valence-corrected chi connectivity index (χ4v) is 2.35. The van der Waals surface area contributed by atoms with Crippen molar-refractivity contribution in [3.63, 3.8) is 0 Å². The summed E-state index contributed by atoms with van der Waals surface area (Å²) in [6, 6.07) is 1.67. The highest BCUT2D eigenvalue weighted by molar-refractivity contribution is 5.84. The molecule has 0 unspecified atom stereocenters. The predicted octanol–water partition coefficient (Wildman–Crippen LogP) is 0.798. The summed E-state index contributed by atoms with van der Waals surface area (Å²) in [5.74, 6) is 0.0802. The minimum absolute atomic E-state index is 0.0722. The fourth-order valence-electron chi connectivity index (χ4n) is 2.35. The molecule has 2 rings (SSSR count). The van der Waals surface area contributed by atoms with Gasteiger partial charge in [0.2, 0.25) is 5.75 Å². The Morgan fingerprint density at radius 3 is 2.73 bits per heavy atom. The highest BCUT2D eigenvalue weighted by Crippen LogP contribution is 2.30. The van der Waals surface area contributed by atoms with Crippen molar-refractivity contribution < 1.29 is 14.6 Å². The molecular formula is C12H15N5O5. The average molecular weight is 309 g/mol. The minimum Gasteiger partial charge on any atom is -0.489 e. The number of amidine groups is 1. The summed E-state index contributed by atoms with van der Waals surface area (Å²) in [6.45, 7) is 2.53. The first kappa shape index (κ1) is 15.6. The van der Waals surface area contributed by atoms with Crippen LogP contribution in [0.25, 0.3) is 0 Å². The van der Waals surface area contributed by atoms with E-state index in [1.54, 1.807) is 17.9 Å². The summed E-state index contributed by atoms with van der Waals surface area (Å²) >= 11 is 0. The summed E-state index contributed by atoms with van der Waals surface area (Å²) in [5, 5.41) is 21.7. The first-order chi connectivity index (χ1) is 10.4. The van der Waals surface area contributed by atoms with Crippen molar-refractivity contribution in [1.29, 1.82) is 0 Å². The molecule has 0 spiro atoms. The smallest absolute Gasteiger partial charge is 0.406 e. The molecule has 0 N–H and O–H groups in total. The number of aryl methyl sites for hydroxylation is 1. The maximum Gasteiger partial charge on any atom is 0.406 e. The Balaban J connectivity index is 2.31. The molecule has 0 aliphatic carbocycles. The number of ether oxygens (including phenoxy) is 1. The average Bonchev–Trinajstić information content (AvgIpc) is 2.84. The molecule has 0 saturated carbocycles. The number of nitrogens with zero attached hydrogens (tertiary/aromatic N) is 5. The third-order valence-corrected chi connectivity index (χ3v) is 3.20. The van der Waals surface area contributed by atoms with Crippen molar-refractivity contribution in [3.05, 3.63) is 37.6 Å². The topological polar surface area (TPSA) is 124 Å². The summed E-state index contributed by atoms with van der Waals surface area (Å²) in [6.07, 6.45) is 0. The van der Waals surface area contributed by atoms with Gasteiger partial charge in [-0.3, -0.25) is 15.1 Å². The summed E-state index contributed by atoms with van der Waals surface area (Å²) in [4.78, 5) is 30.4. The number of aliphatic imine (C=N–C) groups is 1. The van der Waals surface area contributed by atoms with Crippen LogP contribution < -0.4 is 4.74 Å². The number of pyridine rings is 1. The van der Waals surface area contributed by atoms with E-state index in [0.717, 1.165) is 0 Å². The Hall–Kier alpha value is -2.78. The van der Waals surface area contributed by atoms with Crippen molar-refractivity contribution in [3.8, 4) is 5.75 Å². The highest BCUT2D eigenvalue weighted by Gasteiger charge is 2.27. The molecule has 0 radical (unpaired) electrons. The van der Waals surface area contributed by atoms with Gasteiger partial charge in [-0.25, -0.2) is 0 Å². The van der Waals surface area contributed by atoms with Gasteiger partial charge in [-0.15, -0.1) is 0 Å². The molecule has 22 heavy (non-hydrogen) atoms. The normalized spacial score (nSPS) is 13.9. The van der Waals surface area contributed by atoms with E-state index in [0.29, 0.717) is 30.2 Å². The standard InChI is InChI=1S/C12H15N5O5/c1-8-5-9(11(22-2)12(14-8)17(20)21)6-15-4-3-13-10(15)7-16(18)19/h5H,3-4,6-7H2,1-2H3. The SMILES string of the molecule is COc1c(CN2CCN=C2C[N+](=O)[O-])cc(C)nc1[N+](=O)[O-]. The van der Waals surface area contributed by atoms with E-state index in [-0.39, 0.29) is 24.7 Å². The van der Waals surface area contributed by atoms with Gasteiger partial charge in [0.25, 0.3) is 6.54 Å². The lowest BCUT2D eigenvalue weighted by atomic mass is 10.2. The number of hydrogen-bond donors (Lipinski definition) is 0. The van der Waals surface area contributed by atoms with Crippen molar-refractivity contribution in [1.82, 2.24) is 9.88 Å². The van der Waals surface area contributed by atoms with Crippen LogP contribution in [0.5, 0.6) is 5.75 Å². The maximum absolute atomic E-state index is 11.1. The van der Waals surface area contributed by atoms with Crippen LogP contribution in [0.4, 0.5) is 5.82 Å². The maximum atomic E-state index is 11.1. The minimum atomic E-state index is -0.606. The second kappa shape index (κ2) is 6.33. The van der Waals surface area contributed by atoms with Crippen molar-refractivity contribution in [2.45, 2.75) is 13.5 Å². The summed E-state index contributed by atoms with van der Waals surface area (Å²) in [5.41, 5.74) is 1.04. The molecule has 1 aromatic heterocycles. The zero-order valence-electron chi connectivity index (χ0n) is 12.2. The Morgan fingerprint density at radius 1 is 1.41 bits per heavy atom. The Morgan fingerprint density at radius 2 is 2.14 bits per heavy atom. The zero-order chi connectivity index (χ0) is 16.3. The summed E-state index contributed by atoms with van der Waals surface area (Å²) < 4.78 is 5.11. The molecule has 0 saturated heterocycles. The molecule has 0 atom stereocenters. The van der Waals surface area contributed by atoms with Gasteiger partial charge in [0.1, 0.15) is 0 Å². The Bertz CT molecular complexity index is 645. The van der Waals surface area contributed by atoms with E-state index in [9.17, 15) is 20.2 Å². The van der Waals surface area contributed by atoms with Crippen LogP contribution in [0.2, 0.25) is 0 Å². The van der Waals surface area contributed by atoms with E-state index in [1.165, 1.54) is 7.11 Å². The lowest BCUT2D eigenvalue weighted by Crippen LogP contribution is -2.32. The Kier molecular flexibility index (Phi) is 4.49. The van der Waals surface area contributed by atoms with E-state index in [2.05, 4.69) is 9.98 Å². The molecule has 10 heteroatoms. The van der Waals surface area contributed by atoms with E-state index >= 15 is 0 Å². The van der Waals surface area contributed by atoms with Gasteiger partial charge >= 0.3 is 5.82 Å². The molecule has 118 valence electrons. The predicted molar refractivity (Wildman–Crippen MR) is 76.8 cm³/mol. The zero-order valence-corrected chi connectivity index (χ0v) is 12.2. The van der Waals surface area contributed by atoms with Gasteiger partial charge in [-0.1, -0.05) is 0 Å². The molecular weight excluding hydrogens is 294 g/mol. The molecule has 1 aromatic rings. The van der Waals surface area contributed by atoms with Gasteiger partial charge in [-0.2, -0.15) is 0 Å². The van der Waals surface area contributed by atoms with Crippen LogP contribution in [0.3, 0.4) is 0 Å². The highest BCUT2D eigenvalue weighted by atomic mass is 16.6. The molecule has 1 aliphatic rings. The molecule has 0 bridgehead atoms. The molecule has 1 aliphatic heterocycles. The second-order valence-corrected chi connectivity index (χ2v) is 4.75. The van der Waals surface area contributed by atoms with Crippen LogP contribution in [-0.4, -0.2) is 52.3 Å². The van der Waals surface area contributed by atoms with Gasteiger partial charge < -0.3 is 19.8 Å². The van der Waals surface area contributed by atoms with Crippen LogP contribution in [0, 0.1) is 27.2 Å². The quantitative estimate of drug-likeness (QED) is 0.562. The number of nitro groups is 2. The summed E-state index contributed by atoms with van der Waals surface area (Å²) in [7, 11) is 1.33. The second-order valence-electron chi connectivity index (χ2n) is 4.75. The van der Waals surface area contributed by atoms with Gasteiger partial charge in [0.15, 0.2) is 11.5 Å². The van der Waals surface area contributed by atoms with Crippen LogP contribution in [0.15, 0.2) is 11.1 Å². The van der Waals surface area contributed by atoms with E-state index in [4.69, 9.17) is 4.74 Å². The van der Waals surface area contributed by atoms with E-state index in [1.807, 2.05) is 0 Å². The molecule has 0 aromatic carbocycles. The third kappa shape index (κ3) is 3.27. The third-order valence-electron chi connectivity index (χ3n) is 3.20. The lowest BCUT2D eigenvalue weighted by Gasteiger charge is -2.19. The van der Waals surface area contributed by atoms with Crippen molar-refractivity contribution in [2.24, 2.45) is 4.99 Å². The molecule has 0 amide bonds.